The van der Waals surface area contributed by atoms with Crippen LogP contribution in [0.3, 0.4) is 0 Å². The average Bonchev–Trinajstić information content (AvgIpc) is 3.19. The summed E-state index contributed by atoms with van der Waals surface area (Å²) >= 11 is 5.95. The molecule has 148 valence electrons. The predicted molar refractivity (Wildman–Crippen MR) is 120 cm³/mol. The third-order valence-electron chi connectivity index (χ3n) is 4.44. The fourth-order valence-electron chi connectivity index (χ4n) is 3.11. The van der Waals surface area contributed by atoms with Gasteiger partial charge in [-0.25, -0.2) is 0 Å². The Balaban J connectivity index is 1.35. The van der Waals surface area contributed by atoms with Gasteiger partial charge in [-0.05, 0) is 42.7 Å². The van der Waals surface area contributed by atoms with Crippen LogP contribution in [0.4, 0.5) is 10.8 Å². The van der Waals surface area contributed by atoms with Crippen molar-refractivity contribution in [2.24, 2.45) is 0 Å². The molecule has 2 aromatic carbocycles. The van der Waals surface area contributed by atoms with E-state index in [1.54, 1.807) is 18.2 Å². The summed E-state index contributed by atoms with van der Waals surface area (Å²) in [5.41, 5.74) is 2.75. The molecule has 0 bridgehead atoms. The molecule has 9 heteroatoms. The molecule has 29 heavy (non-hydrogen) atoms. The molecule has 1 aliphatic rings. The van der Waals surface area contributed by atoms with E-state index in [4.69, 9.17) is 0 Å². The van der Waals surface area contributed by atoms with Crippen LogP contribution in [-0.4, -0.2) is 34.3 Å². The highest BCUT2D eigenvalue weighted by Crippen LogP contribution is 2.30. The molecule has 6 nitrogen and oxygen atoms in total. The molecule has 0 radical (unpaired) electrons. The van der Waals surface area contributed by atoms with Crippen LogP contribution < -0.4 is 10.2 Å². The van der Waals surface area contributed by atoms with Gasteiger partial charge in [0.15, 0.2) is 4.34 Å². The van der Waals surface area contributed by atoms with Gasteiger partial charge in [0.05, 0.1) is 5.75 Å². The van der Waals surface area contributed by atoms with Crippen molar-refractivity contribution in [2.75, 3.05) is 22.5 Å². The number of para-hydroxylation sites is 1. The molecule has 1 N–H and O–H groups in total. The van der Waals surface area contributed by atoms with Gasteiger partial charge in [-0.3, -0.25) is 14.9 Å². The van der Waals surface area contributed by atoms with Crippen molar-refractivity contribution in [3.05, 3.63) is 64.1 Å². The van der Waals surface area contributed by atoms with Crippen molar-refractivity contribution in [1.82, 2.24) is 10.2 Å². The zero-order chi connectivity index (χ0) is 20.2. The lowest BCUT2D eigenvalue weighted by atomic mass is 10.0. The minimum Gasteiger partial charge on any atom is -0.311 e. The van der Waals surface area contributed by atoms with E-state index in [2.05, 4.69) is 37.5 Å². The first-order valence-corrected chi connectivity index (χ1v) is 11.6. The van der Waals surface area contributed by atoms with E-state index >= 15 is 0 Å². The maximum Gasteiger partial charge on any atom is 0.257 e. The van der Waals surface area contributed by atoms with Crippen LogP contribution in [0, 0.1) is 0 Å². The third-order valence-corrected chi connectivity index (χ3v) is 6.89. The number of carbonyl (C=O) groups excluding carboxylic acids is 2. The smallest absolute Gasteiger partial charge is 0.257 e. The molecule has 1 aromatic heterocycles. The summed E-state index contributed by atoms with van der Waals surface area (Å²) in [5.74, 6) is 0.0831. The molecule has 2 heterocycles. The number of thioether (sulfide) groups is 1. The minimum atomic E-state index is -0.250. The van der Waals surface area contributed by atoms with E-state index in [1.807, 2.05) is 29.2 Å². The van der Waals surface area contributed by atoms with Gasteiger partial charge in [0.2, 0.25) is 11.0 Å². The molecule has 2 amide bonds. The quantitative estimate of drug-likeness (QED) is 0.418. The monoisotopic (exact) mass is 488 g/mol. The number of hydrogen-bond acceptors (Lipinski definition) is 6. The fourth-order valence-corrected chi connectivity index (χ4v) is 5.13. The van der Waals surface area contributed by atoms with Crippen LogP contribution in [0.2, 0.25) is 0 Å². The van der Waals surface area contributed by atoms with E-state index in [-0.39, 0.29) is 17.6 Å². The second-order valence-electron chi connectivity index (χ2n) is 6.40. The molecule has 0 fully saturated rings. The number of benzene rings is 2. The summed E-state index contributed by atoms with van der Waals surface area (Å²) in [6.45, 7) is 0.737. The molecule has 0 atom stereocenters. The molecule has 0 saturated carbocycles. The van der Waals surface area contributed by atoms with E-state index in [9.17, 15) is 9.59 Å². The fraction of sp³-hybridized carbons (Fsp3) is 0.200. The van der Waals surface area contributed by atoms with Gasteiger partial charge < -0.3 is 4.90 Å². The number of anilines is 2. The first-order valence-electron chi connectivity index (χ1n) is 9.01. The van der Waals surface area contributed by atoms with Crippen LogP contribution in [0.25, 0.3) is 0 Å². The van der Waals surface area contributed by atoms with Gasteiger partial charge in [-0.1, -0.05) is 63.3 Å². The number of carbonyl (C=O) groups is 2. The highest BCUT2D eigenvalue weighted by atomic mass is 79.9. The van der Waals surface area contributed by atoms with Gasteiger partial charge in [0.25, 0.3) is 5.91 Å². The summed E-state index contributed by atoms with van der Waals surface area (Å²) < 4.78 is 1.48. The summed E-state index contributed by atoms with van der Waals surface area (Å²) in [5, 5.41) is 11.2. The Bertz CT molecular complexity index is 1060. The summed E-state index contributed by atoms with van der Waals surface area (Å²) in [4.78, 5) is 26.9. The Hall–Kier alpha value is -2.23. The van der Waals surface area contributed by atoms with Crippen LogP contribution in [0.5, 0.6) is 0 Å². The molecule has 4 rings (SSSR count). The number of rotatable bonds is 5. The van der Waals surface area contributed by atoms with E-state index in [0.717, 1.165) is 29.5 Å². The van der Waals surface area contributed by atoms with Crippen LogP contribution in [0.1, 0.15) is 22.3 Å². The first-order chi connectivity index (χ1) is 14.1. The van der Waals surface area contributed by atoms with Gasteiger partial charge >= 0.3 is 0 Å². The largest absolute Gasteiger partial charge is 0.311 e. The maximum atomic E-state index is 12.7. The highest BCUT2D eigenvalue weighted by molar-refractivity contribution is 9.10. The third kappa shape index (κ3) is 4.85. The number of fused-ring (bicyclic) bond motifs is 1. The topological polar surface area (TPSA) is 75.2 Å². The van der Waals surface area contributed by atoms with Gasteiger partial charge in [0, 0.05) is 22.3 Å². The lowest BCUT2D eigenvalue weighted by Crippen LogP contribution is -2.36. The normalized spacial score (nSPS) is 13.1. The SMILES string of the molecule is O=C(Nc1nnc(SCC(=O)N2CCCc3ccccc32)s1)c1cccc(Br)c1. The molecule has 0 aliphatic carbocycles. The zero-order valence-corrected chi connectivity index (χ0v) is 18.5. The van der Waals surface area contributed by atoms with Crippen LogP contribution in [0.15, 0.2) is 57.3 Å². The average molecular weight is 489 g/mol. The predicted octanol–water partition coefficient (Wildman–Crippen LogP) is 4.62. The molecule has 3 aromatic rings. The van der Waals surface area contributed by atoms with E-state index in [1.165, 1.54) is 28.7 Å². The number of hydrogen-bond donors (Lipinski definition) is 1. The van der Waals surface area contributed by atoms with Crippen molar-refractivity contribution >= 4 is 61.7 Å². The Labute approximate surface area is 184 Å². The van der Waals surface area contributed by atoms with E-state index in [0.29, 0.717) is 15.0 Å². The Morgan fingerprint density at radius 2 is 2.03 bits per heavy atom. The number of halogens is 1. The summed E-state index contributed by atoms with van der Waals surface area (Å²) in [7, 11) is 0. The van der Waals surface area contributed by atoms with Crippen molar-refractivity contribution in [1.29, 1.82) is 0 Å². The first kappa shape index (κ1) is 20.1. The molecular formula is C20H17BrN4O2S2. The highest BCUT2D eigenvalue weighted by Gasteiger charge is 2.22. The minimum absolute atomic E-state index is 0.0528. The summed E-state index contributed by atoms with van der Waals surface area (Å²) in [6.07, 6.45) is 1.97. The molecular weight excluding hydrogens is 472 g/mol. The summed E-state index contributed by atoms with van der Waals surface area (Å²) in [6, 6.07) is 15.2. The molecule has 0 saturated heterocycles. The van der Waals surface area contributed by atoms with Gasteiger partial charge in [0.1, 0.15) is 0 Å². The van der Waals surface area contributed by atoms with Gasteiger partial charge in [-0.2, -0.15) is 0 Å². The standard InChI is InChI=1S/C20H17BrN4O2S2/c21-15-8-3-6-14(11-15)18(27)22-19-23-24-20(29-19)28-12-17(26)25-10-4-7-13-5-1-2-9-16(13)25/h1-3,5-6,8-9,11H,4,7,10,12H2,(H,22,23,27). The lowest BCUT2D eigenvalue weighted by molar-refractivity contribution is -0.116. The molecule has 1 aliphatic heterocycles. The van der Waals surface area contributed by atoms with Gasteiger partial charge in [-0.15, -0.1) is 10.2 Å². The second-order valence-corrected chi connectivity index (χ2v) is 9.52. The molecule has 0 spiro atoms. The van der Waals surface area contributed by atoms with Crippen molar-refractivity contribution in [3.8, 4) is 0 Å². The number of aryl methyl sites for hydroxylation is 1. The van der Waals surface area contributed by atoms with E-state index < -0.39 is 0 Å². The second kappa shape index (κ2) is 9.06. The Morgan fingerprint density at radius 1 is 1.17 bits per heavy atom. The van der Waals surface area contributed by atoms with Crippen molar-refractivity contribution < 1.29 is 9.59 Å². The number of nitrogens with zero attached hydrogens (tertiary/aromatic N) is 3. The van der Waals surface area contributed by atoms with Crippen LogP contribution in [-0.2, 0) is 11.2 Å². The Morgan fingerprint density at radius 3 is 2.90 bits per heavy atom. The van der Waals surface area contributed by atoms with Crippen molar-refractivity contribution in [2.45, 2.75) is 17.2 Å². The van der Waals surface area contributed by atoms with Crippen molar-refractivity contribution in [3.63, 3.8) is 0 Å². The number of amides is 2. The molecule has 0 unspecified atom stereocenters. The Kier molecular flexibility index (Phi) is 6.27. The maximum absolute atomic E-state index is 12.7. The number of nitrogens with one attached hydrogen (secondary N) is 1. The zero-order valence-electron chi connectivity index (χ0n) is 15.3. The number of aromatic nitrogens is 2. The lowest BCUT2D eigenvalue weighted by Gasteiger charge is -2.29. The van der Waals surface area contributed by atoms with Crippen LogP contribution >= 0.6 is 39.0 Å².